The van der Waals surface area contributed by atoms with Crippen molar-refractivity contribution in [1.82, 2.24) is 9.97 Å². The summed E-state index contributed by atoms with van der Waals surface area (Å²) in [6.07, 6.45) is 0. The average molecular weight is 293 g/mol. The SMILES string of the molecule is Cc1cc2[nH]c(-c3ccc4ccccc4c3)nc2cc1Cl. The predicted molar refractivity (Wildman–Crippen MR) is 88.8 cm³/mol. The molecule has 102 valence electrons. The van der Waals surface area contributed by atoms with E-state index in [4.69, 9.17) is 11.6 Å². The van der Waals surface area contributed by atoms with E-state index in [0.717, 1.165) is 33.0 Å². The summed E-state index contributed by atoms with van der Waals surface area (Å²) in [4.78, 5) is 8.03. The van der Waals surface area contributed by atoms with Crippen molar-refractivity contribution in [3.63, 3.8) is 0 Å². The van der Waals surface area contributed by atoms with Crippen molar-refractivity contribution < 1.29 is 0 Å². The van der Waals surface area contributed by atoms with Crippen LogP contribution in [0, 0.1) is 6.92 Å². The number of aromatic amines is 1. The second kappa shape index (κ2) is 4.61. The van der Waals surface area contributed by atoms with Crippen molar-refractivity contribution >= 4 is 33.4 Å². The van der Waals surface area contributed by atoms with Gasteiger partial charge in [0.15, 0.2) is 0 Å². The van der Waals surface area contributed by atoms with Crippen LogP contribution in [0.15, 0.2) is 54.6 Å². The zero-order valence-corrected chi connectivity index (χ0v) is 12.3. The van der Waals surface area contributed by atoms with Gasteiger partial charge < -0.3 is 4.98 Å². The van der Waals surface area contributed by atoms with Gasteiger partial charge in [0.05, 0.1) is 11.0 Å². The molecule has 4 rings (SSSR count). The highest BCUT2D eigenvalue weighted by atomic mass is 35.5. The number of aryl methyl sites for hydroxylation is 1. The van der Waals surface area contributed by atoms with Gasteiger partial charge in [-0.1, -0.05) is 48.0 Å². The minimum absolute atomic E-state index is 0.749. The number of nitrogens with one attached hydrogen (secondary N) is 1. The summed E-state index contributed by atoms with van der Waals surface area (Å²) in [6, 6.07) is 18.6. The van der Waals surface area contributed by atoms with E-state index >= 15 is 0 Å². The van der Waals surface area contributed by atoms with Gasteiger partial charge in [0.1, 0.15) is 5.82 Å². The van der Waals surface area contributed by atoms with Crippen LogP contribution in [-0.4, -0.2) is 9.97 Å². The van der Waals surface area contributed by atoms with Crippen LogP contribution < -0.4 is 0 Å². The lowest BCUT2D eigenvalue weighted by Crippen LogP contribution is -1.80. The van der Waals surface area contributed by atoms with Crippen LogP contribution in [0.4, 0.5) is 0 Å². The first kappa shape index (κ1) is 12.4. The molecule has 0 aliphatic carbocycles. The highest BCUT2D eigenvalue weighted by Gasteiger charge is 2.08. The fourth-order valence-corrected chi connectivity index (χ4v) is 2.77. The average Bonchev–Trinajstić information content (AvgIpc) is 2.90. The molecule has 0 saturated carbocycles. The Balaban J connectivity index is 1.91. The summed E-state index contributed by atoms with van der Waals surface area (Å²) in [5.41, 5.74) is 4.05. The molecule has 0 atom stereocenters. The maximum Gasteiger partial charge on any atom is 0.138 e. The number of hydrogen-bond donors (Lipinski definition) is 1. The van der Waals surface area contributed by atoms with Crippen LogP contribution in [0.5, 0.6) is 0 Å². The summed E-state index contributed by atoms with van der Waals surface area (Å²) in [5.74, 6) is 0.873. The molecule has 0 aliphatic rings. The number of rotatable bonds is 1. The van der Waals surface area contributed by atoms with E-state index in [0.29, 0.717) is 0 Å². The lowest BCUT2D eigenvalue weighted by Gasteiger charge is -2.00. The lowest BCUT2D eigenvalue weighted by atomic mass is 10.1. The molecule has 1 N–H and O–H groups in total. The van der Waals surface area contributed by atoms with E-state index in [9.17, 15) is 0 Å². The van der Waals surface area contributed by atoms with Crippen molar-refractivity contribution in [3.05, 3.63) is 65.2 Å². The largest absolute Gasteiger partial charge is 0.338 e. The Hall–Kier alpha value is -2.32. The second-order valence-corrected chi connectivity index (χ2v) is 5.67. The number of hydrogen-bond acceptors (Lipinski definition) is 1. The lowest BCUT2D eigenvalue weighted by molar-refractivity contribution is 1.34. The van der Waals surface area contributed by atoms with Crippen molar-refractivity contribution in [2.75, 3.05) is 0 Å². The maximum atomic E-state index is 6.17. The Morgan fingerprint density at radius 1 is 0.952 bits per heavy atom. The Morgan fingerprint density at radius 3 is 2.62 bits per heavy atom. The van der Waals surface area contributed by atoms with Crippen LogP contribution in [0.1, 0.15) is 5.56 Å². The van der Waals surface area contributed by atoms with E-state index in [1.165, 1.54) is 10.8 Å². The Morgan fingerprint density at radius 2 is 1.76 bits per heavy atom. The van der Waals surface area contributed by atoms with Crippen molar-refractivity contribution in [2.45, 2.75) is 6.92 Å². The van der Waals surface area contributed by atoms with Crippen LogP contribution in [0.3, 0.4) is 0 Å². The molecule has 3 aromatic carbocycles. The minimum atomic E-state index is 0.749. The Kier molecular flexibility index (Phi) is 2.72. The third-order valence-corrected chi connectivity index (χ3v) is 4.19. The summed E-state index contributed by atoms with van der Waals surface area (Å²) >= 11 is 6.17. The fourth-order valence-electron chi connectivity index (χ4n) is 2.61. The summed E-state index contributed by atoms with van der Waals surface area (Å²) in [6.45, 7) is 2.00. The van der Waals surface area contributed by atoms with E-state index in [1.807, 2.05) is 31.2 Å². The van der Waals surface area contributed by atoms with Gasteiger partial charge in [-0.05, 0) is 41.5 Å². The van der Waals surface area contributed by atoms with Gasteiger partial charge in [-0.2, -0.15) is 0 Å². The molecule has 0 aliphatic heterocycles. The van der Waals surface area contributed by atoms with Gasteiger partial charge in [-0.25, -0.2) is 4.98 Å². The zero-order chi connectivity index (χ0) is 14.4. The van der Waals surface area contributed by atoms with Gasteiger partial charge in [0.25, 0.3) is 0 Å². The van der Waals surface area contributed by atoms with E-state index in [1.54, 1.807) is 0 Å². The molecule has 4 aromatic rings. The summed E-state index contributed by atoms with van der Waals surface area (Å²) in [5, 5.41) is 3.19. The zero-order valence-electron chi connectivity index (χ0n) is 11.5. The highest BCUT2D eigenvalue weighted by molar-refractivity contribution is 6.32. The molecule has 21 heavy (non-hydrogen) atoms. The van der Waals surface area contributed by atoms with Crippen molar-refractivity contribution in [3.8, 4) is 11.4 Å². The Bertz CT molecular complexity index is 930. The van der Waals surface area contributed by atoms with Gasteiger partial charge in [-0.3, -0.25) is 0 Å². The molecule has 0 saturated heterocycles. The number of H-pyrrole nitrogens is 1. The summed E-state index contributed by atoms with van der Waals surface area (Å²) < 4.78 is 0. The van der Waals surface area contributed by atoms with E-state index in [-0.39, 0.29) is 0 Å². The first-order chi connectivity index (χ1) is 10.2. The molecule has 2 nitrogen and oxygen atoms in total. The molecule has 0 bridgehead atoms. The fraction of sp³-hybridized carbons (Fsp3) is 0.0556. The molecular weight excluding hydrogens is 280 g/mol. The second-order valence-electron chi connectivity index (χ2n) is 5.27. The molecule has 0 unspecified atom stereocenters. The Labute approximate surface area is 127 Å². The van der Waals surface area contributed by atoms with Crippen LogP contribution >= 0.6 is 11.6 Å². The standard InChI is InChI=1S/C18H13ClN2/c1-11-8-16-17(10-15(11)19)21-18(20-16)14-7-6-12-4-2-3-5-13(12)9-14/h2-10H,1H3,(H,20,21). The number of fused-ring (bicyclic) bond motifs is 2. The molecule has 0 spiro atoms. The summed E-state index contributed by atoms with van der Waals surface area (Å²) in [7, 11) is 0. The number of benzene rings is 3. The van der Waals surface area contributed by atoms with Gasteiger partial charge in [0, 0.05) is 10.6 Å². The molecule has 3 heteroatoms. The van der Waals surface area contributed by atoms with Crippen LogP contribution in [0.2, 0.25) is 5.02 Å². The third kappa shape index (κ3) is 2.08. The molecule has 1 heterocycles. The quantitative estimate of drug-likeness (QED) is 0.503. The number of aromatic nitrogens is 2. The molecular formula is C18H13ClN2. The van der Waals surface area contributed by atoms with E-state index < -0.39 is 0 Å². The van der Waals surface area contributed by atoms with Gasteiger partial charge in [0.2, 0.25) is 0 Å². The topological polar surface area (TPSA) is 28.7 Å². The molecule has 0 fully saturated rings. The number of nitrogens with zero attached hydrogens (tertiary/aromatic N) is 1. The van der Waals surface area contributed by atoms with Crippen molar-refractivity contribution in [1.29, 1.82) is 0 Å². The third-order valence-electron chi connectivity index (χ3n) is 3.79. The highest BCUT2D eigenvalue weighted by Crippen LogP contribution is 2.27. The predicted octanol–water partition coefficient (Wildman–Crippen LogP) is 5.34. The molecule has 1 aromatic heterocycles. The first-order valence-electron chi connectivity index (χ1n) is 6.86. The molecule has 0 amide bonds. The van der Waals surface area contributed by atoms with Gasteiger partial charge >= 0.3 is 0 Å². The maximum absolute atomic E-state index is 6.17. The van der Waals surface area contributed by atoms with Gasteiger partial charge in [-0.15, -0.1) is 0 Å². The van der Waals surface area contributed by atoms with E-state index in [2.05, 4.69) is 40.3 Å². The molecule has 0 radical (unpaired) electrons. The monoisotopic (exact) mass is 292 g/mol. The number of halogens is 1. The number of imidazole rings is 1. The van der Waals surface area contributed by atoms with Crippen molar-refractivity contribution in [2.24, 2.45) is 0 Å². The smallest absolute Gasteiger partial charge is 0.138 e. The normalized spacial score (nSPS) is 11.3. The minimum Gasteiger partial charge on any atom is -0.338 e. The van der Waals surface area contributed by atoms with Crippen LogP contribution in [0.25, 0.3) is 33.2 Å². The van der Waals surface area contributed by atoms with Crippen LogP contribution in [-0.2, 0) is 0 Å². The first-order valence-corrected chi connectivity index (χ1v) is 7.23.